The maximum absolute atomic E-state index is 13.1. The number of rotatable bonds is 25. The molecule has 19 heteroatoms. The number of aromatic nitrogens is 5. The van der Waals surface area contributed by atoms with Crippen molar-refractivity contribution in [2.75, 3.05) is 63.1 Å². The molecule has 0 bridgehead atoms. The van der Waals surface area contributed by atoms with Crippen LogP contribution in [0, 0.1) is 5.53 Å². The molecule has 0 spiro atoms. The highest BCUT2D eigenvalue weighted by molar-refractivity contribution is 5.90. The summed E-state index contributed by atoms with van der Waals surface area (Å²) in [7, 11) is 0. The van der Waals surface area contributed by atoms with Gasteiger partial charge >= 0.3 is 5.97 Å². The van der Waals surface area contributed by atoms with Gasteiger partial charge in [0.15, 0.2) is 0 Å². The van der Waals surface area contributed by atoms with Gasteiger partial charge in [0.2, 0.25) is 17.8 Å². The molecule has 9 N–H and O–H groups in total. The van der Waals surface area contributed by atoms with E-state index in [1.165, 1.54) is 36.8 Å². The van der Waals surface area contributed by atoms with Gasteiger partial charge in [0.1, 0.15) is 18.1 Å². The predicted molar refractivity (Wildman–Crippen MR) is 225 cm³/mol. The van der Waals surface area contributed by atoms with Gasteiger partial charge in [0, 0.05) is 49.7 Å². The molecule has 2 aromatic heterocycles. The number of ether oxygens (including phenoxy) is 1. The summed E-state index contributed by atoms with van der Waals surface area (Å²) in [5.74, 6) is 0.257. The van der Waals surface area contributed by atoms with Crippen LogP contribution in [0.1, 0.15) is 83.2 Å². The Morgan fingerprint density at radius 2 is 1.80 bits per heavy atom. The summed E-state index contributed by atoms with van der Waals surface area (Å²) < 4.78 is 6.24. The first kappa shape index (κ1) is 44.8. The van der Waals surface area contributed by atoms with Crippen molar-refractivity contribution >= 4 is 40.5 Å². The number of hydrogen-bond acceptors (Lipinski definition) is 16. The van der Waals surface area contributed by atoms with Crippen LogP contribution in [0.2, 0.25) is 0 Å². The molecule has 3 heterocycles. The highest BCUT2D eigenvalue weighted by Gasteiger charge is 2.25. The van der Waals surface area contributed by atoms with Gasteiger partial charge in [-0.25, -0.2) is 15.2 Å². The number of anilines is 2. The van der Waals surface area contributed by atoms with Crippen molar-refractivity contribution in [2.45, 2.75) is 109 Å². The average molecular weight is 818 g/mol. The van der Waals surface area contributed by atoms with E-state index in [1.54, 1.807) is 19.3 Å². The van der Waals surface area contributed by atoms with E-state index in [1.807, 2.05) is 29.2 Å². The molecule has 2 aliphatic rings. The Labute approximate surface area is 346 Å². The number of carbonyl (C=O) groups is 3. The lowest BCUT2D eigenvalue weighted by Gasteiger charge is -2.33. The van der Waals surface area contributed by atoms with Crippen molar-refractivity contribution in [3.05, 3.63) is 48.1 Å². The summed E-state index contributed by atoms with van der Waals surface area (Å²) >= 11 is 0. The van der Waals surface area contributed by atoms with Crippen LogP contribution in [0.15, 0.2) is 47.5 Å². The fraction of sp³-hybridized carbons (Fsp3) is 0.625. The van der Waals surface area contributed by atoms with Crippen LogP contribution in [-0.2, 0) is 32.2 Å². The van der Waals surface area contributed by atoms with Crippen molar-refractivity contribution in [3.63, 3.8) is 0 Å². The van der Waals surface area contributed by atoms with Gasteiger partial charge in [-0.15, -0.1) is 5.10 Å². The highest BCUT2D eigenvalue weighted by Crippen LogP contribution is 2.25. The molecule has 1 unspecified atom stereocenters. The first-order valence-electron chi connectivity index (χ1n) is 21.2. The van der Waals surface area contributed by atoms with Crippen LogP contribution in [0.3, 0.4) is 0 Å². The number of amides is 2. The van der Waals surface area contributed by atoms with Gasteiger partial charge in [-0.2, -0.15) is 10.1 Å². The summed E-state index contributed by atoms with van der Waals surface area (Å²) in [6.07, 6.45) is 13.9. The third-order valence-electron chi connectivity index (χ3n) is 10.5. The molecule has 2 amide bonds. The van der Waals surface area contributed by atoms with Gasteiger partial charge < -0.3 is 47.3 Å². The average Bonchev–Trinajstić information content (AvgIpc) is 3.70. The van der Waals surface area contributed by atoms with E-state index in [9.17, 15) is 14.4 Å². The van der Waals surface area contributed by atoms with Gasteiger partial charge in [-0.1, -0.05) is 36.6 Å². The third-order valence-corrected chi connectivity index (χ3v) is 10.5. The molecule has 0 radical (unpaired) electrons. The molecule has 19 nitrogen and oxygen atoms in total. The number of hydrogen-bond donors (Lipinski definition) is 8. The number of carbonyl (C=O) groups excluding carboxylic acids is 3. The zero-order valence-corrected chi connectivity index (χ0v) is 34.4. The minimum absolute atomic E-state index is 0.0459. The van der Waals surface area contributed by atoms with E-state index in [0.29, 0.717) is 42.3 Å². The lowest BCUT2D eigenvalue weighted by atomic mass is 9.95. The molecule has 1 saturated carbocycles. The molecular formula is C40H63N15O4. The zero-order chi connectivity index (χ0) is 41.7. The molecule has 5 rings (SSSR count). The molecule has 1 aliphatic heterocycles. The summed E-state index contributed by atoms with van der Waals surface area (Å²) in [5, 5.41) is 32.4. The van der Waals surface area contributed by atoms with Crippen LogP contribution < -0.4 is 37.6 Å². The van der Waals surface area contributed by atoms with Crippen molar-refractivity contribution in [3.8, 4) is 0 Å². The molecular weight excluding hydrogens is 755 g/mol. The number of benzene rings is 1. The Morgan fingerprint density at radius 1 is 1.02 bits per heavy atom. The first-order chi connectivity index (χ1) is 28.8. The van der Waals surface area contributed by atoms with E-state index in [0.717, 1.165) is 62.8 Å². The van der Waals surface area contributed by atoms with E-state index in [2.05, 4.69) is 47.3 Å². The van der Waals surface area contributed by atoms with Crippen LogP contribution >= 0.6 is 0 Å². The van der Waals surface area contributed by atoms with E-state index in [4.69, 9.17) is 26.0 Å². The molecule has 1 aromatic carbocycles. The molecule has 1 aliphatic carbocycles. The van der Waals surface area contributed by atoms with E-state index in [-0.39, 0.29) is 51.0 Å². The molecule has 2 fully saturated rings. The molecule has 322 valence electrons. The molecule has 1 atom stereocenters. The Balaban J connectivity index is 0.987. The third kappa shape index (κ3) is 15.4. The summed E-state index contributed by atoms with van der Waals surface area (Å²) in [6, 6.07) is 7.74. The largest absolute Gasteiger partial charge is 0.465 e. The van der Waals surface area contributed by atoms with Gasteiger partial charge in [0.05, 0.1) is 43.1 Å². The maximum atomic E-state index is 13.1. The summed E-state index contributed by atoms with van der Waals surface area (Å²) in [4.78, 5) is 48.6. The maximum Gasteiger partial charge on any atom is 0.327 e. The fourth-order valence-corrected chi connectivity index (χ4v) is 7.19. The minimum Gasteiger partial charge on any atom is -0.465 e. The van der Waals surface area contributed by atoms with Gasteiger partial charge in [-0.3, -0.25) is 14.4 Å². The second-order valence-corrected chi connectivity index (χ2v) is 15.1. The number of piperidine rings is 1. The van der Waals surface area contributed by atoms with Crippen molar-refractivity contribution < 1.29 is 19.1 Å². The number of nitrogens with zero attached hydrogens (tertiary/aromatic N) is 7. The van der Waals surface area contributed by atoms with E-state index < -0.39 is 17.9 Å². The zero-order valence-electron chi connectivity index (χ0n) is 34.4. The number of esters is 1. The molecule has 3 aromatic rings. The molecule has 59 heavy (non-hydrogen) atoms. The Bertz CT molecular complexity index is 1810. The number of nitrogens with two attached hydrogens (primary N) is 1. The Kier molecular flexibility index (Phi) is 18.7. The minimum atomic E-state index is -0.861. The van der Waals surface area contributed by atoms with Crippen LogP contribution in [0.5, 0.6) is 0 Å². The lowest BCUT2D eigenvalue weighted by Crippen LogP contribution is -2.44. The SMILES string of the molecule is CCOC(=O)Cn1cc(CNC(=O)C(N)CCC(=O)N2CCC(Nc3nc(NC/C(=C/NCCCNCCCNC4CCCCC4)N=N)nc4ccccc34)CC2)nn1. The number of para-hydroxylation sites is 1. The number of fused-ring (bicyclic) bond motifs is 1. The number of likely N-dealkylation sites (tertiary alicyclic amines) is 1. The Morgan fingerprint density at radius 3 is 2.58 bits per heavy atom. The van der Waals surface area contributed by atoms with E-state index >= 15 is 0 Å². The summed E-state index contributed by atoms with van der Waals surface area (Å²) in [5.41, 5.74) is 15.6. The van der Waals surface area contributed by atoms with Crippen LogP contribution in [0.4, 0.5) is 11.8 Å². The smallest absolute Gasteiger partial charge is 0.327 e. The lowest BCUT2D eigenvalue weighted by molar-refractivity contribution is -0.144. The van der Waals surface area contributed by atoms with Crippen molar-refractivity contribution in [1.82, 2.24) is 51.1 Å². The monoisotopic (exact) mass is 818 g/mol. The van der Waals surface area contributed by atoms with Crippen molar-refractivity contribution in [1.29, 1.82) is 5.53 Å². The summed E-state index contributed by atoms with van der Waals surface area (Å²) in [6.45, 7) is 7.21. The normalized spacial score (nSPS) is 15.8. The molecule has 1 saturated heterocycles. The van der Waals surface area contributed by atoms with Gasteiger partial charge in [0.25, 0.3) is 0 Å². The quantitative estimate of drug-likeness (QED) is 0.0348. The fourth-order valence-electron chi connectivity index (χ4n) is 7.19. The topological polar surface area (TPSA) is 255 Å². The second-order valence-electron chi connectivity index (χ2n) is 15.1. The number of nitrogens with one attached hydrogen (secondary N) is 7. The predicted octanol–water partition coefficient (Wildman–Crippen LogP) is 2.78. The standard InChI is InChI=1S/C40H63N15O4/c1-2-59-37(57)28-55-27-32(52-53-55)26-46-39(58)34(41)14-15-36(56)54-22-16-30(17-23-54)48-38-33-12-6-7-13-35(33)49-40(50-38)47-25-31(51-42)24-44-20-8-18-43-19-9-21-45-29-10-4-3-5-11-29/h6-7,12-13,24,27,29-30,34,42-45H,2-5,8-11,14-23,25-26,28,41H2,1H3,(H,46,58)(H2,47,48,49,50)/b31-24-,51-42?. The first-order valence-corrected chi connectivity index (χ1v) is 21.2. The van der Waals surface area contributed by atoms with Gasteiger partial charge in [-0.05, 0) is 83.6 Å². The second kappa shape index (κ2) is 24.6. The van der Waals surface area contributed by atoms with Crippen LogP contribution in [0.25, 0.3) is 10.9 Å². The van der Waals surface area contributed by atoms with Crippen LogP contribution in [-0.4, -0.2) is 118 Å². The van der Waals surface area contributed by atoms with Crippen molar-refractivity contribution in [2.24, 2.45) is 10.8 Å². The Hall–Kier alpha value is -5.27. The highest BCUT2D eigenvalue weighted by atomic mass is 16.5.